The van der Waals surface area contributed by atoms with E-state index in [4.69, 9.17) is 0 Å². The summed E-state index contributed by atoms with van der Waals surface area (Å²) in [5.74, 6) is 0. The molecule has 1 aromatic rings. The molecule has 64 valence electrons. The molecule has 0 spiro atoms. The molecule has 0 bridgehead atoms. The highest BCUT2D eigenvalue weighted by atomic mass is 31.1. The Bertz CT molecular complexity index is 236. The van der Waals surface area contributed by atoms with Crippen molar-refractivity contribution in [1.29, 1.82) is 0 Å². The maximum Gasteiger partial charge on any atom is -0.0244 e. The largest absolute Gasteiger partial charge is 0.103 e. The summed E-state index contributed by atoms with van der Waals surface area (Å²) in [4.78, 5) is 0. The van der Waals surface area contributed by atoms with Crippen LogP contribution in [0.2, 0.25) is 0 Å². The van der Waals surface area contributed by atoms with E-state index in [-0.39, 0.29) is 0 Å². The molecule has 1 rings (SSSR count). The molecule has 0 radical (unpaired) electrons. The Balaban J connectivity index is 2.58. The highest BCUT2D eigenvalue weighted by molar-refractivity contribution is 7.46. The molecule has 1 unspecified atom stereocenters. The fourth-order valence-electron chi connectivity index (χ4n) is 1.11. The minimum absolute atomic E-state index is 0.909. The highest BCUT2D eigenvalue weighted by Gasteiger charge is 1.91. The predicted octanol–water partition coefficient (Wildman–Crippen LogP) is 2.74. The predicted molar refractivity (Wildman–Crippen MR) is 58.8 cm³/mol. The van der Waals surface area contributed by atoms with Crippen molar-refractivity contribution in [2.75, 3.05) is 6.66 Å². The van der Waals surface area contributed by atoms with Crippen molar-refractivity contribution in [3.05, 3.63) is 42.5 Å². The van der Waals surface area contributed by atoms with Gasteiger partial charge in [-0.05, 0) is 30.4 Å². The second-order valence-electron chi connectivity index (χ2n) is 2.77. The van der Waals surface area contributed by atoms with Gasteiger partial charge in [-0.25, -0.2) is 0 Å². The first-order valence-corrected chi connectivity index (χ1v) is 5.74. The van der Waals surface area contributed by atoms with Gasteiger partial charge in [-0.1, -0.05) is 38.9 Å². The Kier molecular flexibility index (Phi) is 4.04. The van der Waals surface area contributed by atoms with Gasteiger partial charge in [-0.2, -0.15) is 0 Å². The maximum absolute atomic E-state index is 3.71. The van der Waals surface area contributed by atoms with Crippen LogP contribution in [0.1, 0.15) is 12.0 Å². The Morgan fingerprint density at radius 3 is 2.50 bits per heavy atom. The van der Waals surface area contributed by atoms with E-state index in [0.717, 1.165) is 21.4 Å². The second-order valence-corrected chi connectivity index (χ2v) is 3.85. The van der Waals surface area contributed by atoms with E-state index in [0.29, 0.717) is 0 Å². The van der Waals surface area contributed by atoms with Gasteiger partial charge >= 0.3 is 0 Å². The lowest BCUT2D eigenvalue weighted by Gasteiger charge is -1.99. The van der Waals surface area contributed by atoms with Gasteiger partial charge < -0.3 is 0 Å². The molecule has 0 saturated carbocycles. The molecule has 0 aliphatic heterocycles. The third kappa shape index (κ3) is 2.79. The zero-order chi connectivity index (χ0) is 8.81. The zero-order valence-corrected chi connectivity index (χ0v) is 8.51. The molecular formula is C11H15P. The van der Waals surface area contributed by atoms with Crippen LogP contribution in [0.5, 0.6) is 0 Å². The van der Waals surface area contributed by atoms with Crippen molar-refractivity contribution in [2.24, 2.45) is 0 Å². The number of hydrogen-bond acceptors (Lipinski definition) is 0. The van der Waals surface area contributed by atoms with Crippen LogP contribution in [-0.2, 0) is 6.42 Å². The first-order chi connectivity index (χ1) is 5.86. The van der Waals surface area contributed by atoms with Crippen LogP contribution in [-0.4, -0.2) is 6.66 Å². The van der Waals surface area contributed by atoms with Gasteiger partial charge in [0.2, 0.25) is 0 Å². The lowest BCUT2D eigenvalue weighted by Crippen LogP contribution is -1.93. The van der Waals surface area contributed by atoms with Gasteiger partial charge in [0.1, 0.15) is 0 Å². The molecule has 0 fully saturated rings. The summed E-state index contributed by atoms with van der Waals surface area (Å²) in [7, 11) is 0.909. The van der Waals surface area contributed by atoms with Crippen LogP contribution in [0, 0.1) is 0 Å². The molecule has 12 heavy (non-hydrogen) atoms. The van der Waals surface area contributed by atoms with Crippen LogP contribution in [0.15, 0.2) is 36.9 Å². The topological polar surface area (TPSA) is 0 Å². The monoisotopic (exact) mass is 178 g/mol. The molecule has 0 amide bonds. The van der Waals surface area contributed by atoms with Gasteiger partial charge in [0.15, 0.2) is 0 Å². The molecule has 0 aromatic heterocycles. The maximum atomic E-state index is 3.71. The Morgan fingerprint density at radius 1 is 1.33 bits per heavy atom. The summed E-state index contributed by atoms with van der Waals surface area (Å²) in [6, 6.07) is 8.87. The molecule has 0 saturated heterocycles. The number of benzene rings is 1. The SMILES string of the molecule is C=CCCc1ccc(PC)cc1. The molecular weight excluding hydrogens is 163 g/mol. The van der Waals surface area contributed by atoms with Crippen LogP contribution in [0.4, 0.5) is 0 Å². The lowest BCUT2D eigenvalue weighted by atomic mass is 10.1. The average Bonchev–Trinajstić information content (AvgIpc) is 2.15. The normalized spacial score (nSPS) is 10.8. The molecule has 0 heterocycles. The standard InChI is InChI=1S/C11H15P/c1-3-4-5-10-6-8-11(12-2)9-7-10/h3,6-9,12H,1,4-5H2,2H3. The Morgan fingerprint density at radius 2 is 2.00 bits per heavy atom. The number of hydrogen-bond donors (Lipinski definition) is 0. The summed E-state index contributed by atoms with van der Waals surface area (Å²) in [6.45, 7) is 5.92. The van der Waals surface area contributed by atoms with Crippen LogP contribution < -0.4 is 5.30 Å². The highest BCUT2D eigenvalue weighted by Crippen LogP contribution is 2.07. The van der Waals surface area contributed by atoms with Crippen molar-refractivity contribution >= 4 is 13.9 Å². The number of aryl methyl sites for hydroxylation is 1. The van der Waals surface area contributed by atoms with Crippen molar-refractivity contribution in [2.45, 2.75) is 12.8 Å². The van der Waals surface area contributed by atoms with Crippen molar-refractivity contribution in [1.82, 2.24) is 0 Å². The summed E-state index contributed by atoms with van der Waals surface area (Å²) in [5, 5.41) is 1.44. The van der Waals surface area contributed by atoms with E-state index >= 15 is 0 Å². The fourth-order valence-corrected chi connectivity index (χ4v) is 1.61. The number of rotatable bonds is 4. The number of allylic oxidation sites excluding steroid dienone is 1. The smallest absolute Gasteiger partial charge is 0.0244 e. The van der Waals surface area contributed by atoms with Gasteiger partial charge in [0, 0.05) is 0 Å². The van der Waals surface area contributed by atoms with Crippen molar-refractivity contribution in [3.8, 4) is 0 Å². The molecule has 0 aliphatic rings. The summed E-state index contributed by atoms with van der Waals surface area (Å²) < 4.78 is 0. The summed E-state index contributed by atoms with van der Waals surface area (Å²) in [5.41, 5.74) is 1.41. The quantitative estimate of drug-likeness (QED) is 0.491. The molecule has 1 atom stereocenters. The van der Waals surface area contributed by atoms with E-state index < -0.39 is 0 Å². The van der Waals surface area contributed by atoms with Crippen molar-refractivity contribution < 1.29 is 0 Å². The molecule has 0 aliphatic carbocycles. The van der Waals surface area contributed by atoms with Gasteiger partial charge in [0.25, 0.3) is 0 Å². The van der Waals surface area contributed by atoms with Crippen LogP contribution in [0.3, 0.4) is 0 Å². The van der Waals surface area contributed by atoms with E-state index in [2.05, 4.69) is 37.5 Å². The van der Waals surface area contributed by atoms with Gasteiger partial charge in [0.05, 0.1) is 0 Å². The van der Waals surface area contributed by atoms with Crippen molar-refractivity contribution in [3.63, 3.8) is 0 Å². The van der Waals surface area contributed by atoms with Gasteiger partial charge in [-0.15, -0.1) is 6.58 Å². The fraction of sp³-hybridized carbons (Fsp3) is 0.273. The Hall–Kier alpha value is -0.610. The third-order valence-corrected chi connectivity index (χ3v) is 2.79. The molecule has 0 nitrogen and oxygen atoms in total. The summed E-state index contributed by atoms with van der Waals surface area (Å²) in [6.07, 6.45) is 4.17. The molecule has 0 N–H and O–H groups in total. The lowest BCUT2D eigenvalue weighted by molar-refractivity contribution is 1.01. The third-order valence-electron chi connectivity index (χ3n) is 1.88. The molecule has 1 aromatic carbocycles. The van der Waals surface area contributed by atoms with E-state index in [1.807, 2.05) is 6.08 Å². The minimum atomic E-state index is 0.909. The first kappa shape index (κ1) is 9.48. The molecule has 1 heteroatoms. The van der Waals surface area contributed by atoms with Gasteiger partial charge in [-0.3, -0.25) is 0 Å². The minimum Gasteiger partial charge on any atom is -0.103 e. The second kappa shape index (κ2) is 5.11. The van der Waals surface area contributed by atoms with Crippen LogP contribution in [0.25, 0.3) is 0 Å². The van der Waals surface area contributed by atoms with E-state index in [1.54, 1.807) is 0 Å². The van der Waals surface area contributed by atoms with E-state index in [1.165, 1.54) is 10.9 Å². The zero-order valence-electron chi connectivity index (χ0n) is 7.51. The first-order valence-electron chi connectivity index (χ1n) is 4.24. The van der Waals surface area contributed by atoms with E-state index in [9.17, 15) is 0 Å². The Labute approximate surface area is 76.5 Å². The van der Waals surface area contributed by atoms with Crippen LogP contribution >= 0.6 is 8.58 Å². The summed E-state index contributed by atoms with van der Waals surface area (Å²) >= 11 is 0. The average molecular weight is 178 g/mol.